The smallest absolute Gasteiger partial charge is 0.221 e. The Morgan fingerprint density at radius 1 is 1.60 bits per heavy atom. The van der Waals surface area contributed by atoms with Crippen molar-refractivity contribution in [3.8, 4) is 0 Å². The number of imidazole rings is 1. The van der Waals surface area contributed by atoms with E-state index < -0.39 is 0 Å². The first kappa shape index (κ1) is 13.4. The highest BCUT2D eigenvalue weighted by molar-refractivity contribution is 6.16. The summed E-state index contributed by atoms with van der Waals surface area (Å²) in [6, 6.07) is 5.70. The van der Waals surface area contributed by atoms with Crippen LogP contribution in [0.25, 0.3) is 11.0 Å². The maximum absolute atomic E-state index is 11.1. The summed E-state index contributed by atoms with van der Waals surface area (Å²) >= 11 is 5.98. The van der Waals surface area contributed by atoms with E-state index in [4.69, 9.17) is 16.3 Å². The van der Waals surface area contributed by atoms with Crippen LogP contribution in [0.1, 0.15) is 19.2 Å². The Kier molecular flexibility index (Phi) is 3.63. The van der Waals surface area contributed by atoms with E-state index >= 15 is 0 Å². The van der Waals surface area contributed by atoms with E-state index in [2.05, 4.69) is 14.9 Å². The van der Waals surface area contributed by atoms with Crippen LogP contribution in [0.2, 0.25) is 0 Å². The summed E-state index contributed by atoms with van der Waals surface area (Å²) in [5.74, 6) is 1.10. The second-order valence-electron chi connectivity index (χ2n) is 4.94. The maximum Gasteiger partial charge on any atom is 0.221 e. The number of hydrogen-bond acceptors (Lipinski definition) is 3. The van der Waals surface area contributed by atoms with Gasteiger partial charge in [0.25, 0.3) is 0 Å². The summed E-state index contributed by atoms with van der Waals surface area (Å²) in [5.41, 5.74) is 2.60. The number of anilines is 1. The van der Waals surface area contributed by atoms with Gasteiger partial charge in [-0.25, -0.2) is 4.98 Å². The molecule has 1 fully saturated rings. The molecule has 5 nitrogen and oxygen atoms in total. The van der Waals surface area contributed by atoms with Crippen molar-refractivity contribution < 1.29 is 9.53 Å². The average molecular weight is 294 g/mol. The number of alkyl halides is 1. The highest BCUT2D eigenvalue weighted by Crippen LogP contribution is 2.24. The lowest BCUT2D eigenvalue weighted by molar-refractivity contribution is -0.114. The largest absolute Gasteiger partial charge is 0.376 e. The lowest BCUT2D eigenvalue weighted by Crippen LogP contribution is -2.31. The number of fused-ring (bicyclic) bond motifs is 1. The number of carbonyl (C=O) groups is 1. The van der Waals surface area contributed by atoms with Crippen molar-refractivity contribution in [1.82, 2.24) is 9.55 Å². The second-order valence-corrected chi connectivity index (χ2v) is 5.21. The molecule has 1 unspecified atom stereocenters. The minimum Gasteiger partial charge on any atom is -0.376 e. The predicted octanol–water partition coefficient (Wildman–Crippen LogP) is 2.52. The van der Waals surface area contributed by atoms with Crippen LogP contribution in [-0.2, 0) is 22.0 Å². The van der Waals surface area contributed by atoms with E-state index in [1.807, 2.05) is 18.2 Å². The zero-order valence-corrected chi connectivity index (χ0v) is 12.0. The molecule has 0 spiro atoms. The lowest BCUT2D eigenvalue weighted by atomic mass is 10.2. The topological polar surface area (TPSA) is 56.2 Å². The molecule has 20 heavy (non-hydrogen) atoms. The Balaban J connectivity index is 1.97. The molecule has 2 aromatic rings. The molecule has 1 aromatic heterocycles. The number of rotatable bonds is 4. The maximum atomic E-state index is 11.1. The summed E-state index contributed by atoms with van der Waals surface area (Å²) in [6.07, 6.45) is 1.33. The van der Waals surface area contributed by atoms with Crippen molar-refractivity contribution in [1.29, 1.82) is 0 Å². The molecule has 0 saturated carbocycles. The molecule has 1 aromatic carbocycles. The molecular weight excluding hydrogens is 278 g/mol. The molecule has 1 atom stereocenters. The van der Waals surface area contributed by atoms with E-state index in [0.717, 1.165) is 42.1 Å². The second kappa shape index (κ2) is 5.42. The number of carbonyl (C=O) groups excluding carboxylic acids is 1. The van der Waals surface area contributed by atoms with Crippen LogP contribution >= 0.6 is 11.6 Å². The van der Waals surface area contributed by atoms with Crippen LogP contribution in [0.3, 0.4) is 0 Å². The minimum atomic E-state index is -0.0933. The summed E-state index contributed by atoms with van der Waals surface area (Å²) < 4.78 is 7.58. The van der Waals surface area contributed by atoms with E-state index in [0.29, 0.717) is 5.88 Å². The summed E-state index contributed by atoms with van der Waals surface area (Å²) in [6.45, 7) is 3.10. The van der Waals surface area contributed by atoms with Crippen molar-refractivity contribution in [2.75, 3.05) is 11.9 Å². The van der Waals surface area contributed by atoms with Crippen LogP contribution in [0.5, 0.6) is 0 Å². The molecule has 0 aliphatic carbocycles. The van der Waals surface area contributed by atoms with E-state index in [1.54, 1.807) is 0 Å². The zero-order valence-electron chi connectivity index (χ0n) is 11.2. The first-order valence-corrected chi connectivity index (χ1v) is 7.15. The van der Waals surface area contributed by atoms with Crippen molar-refractivity contribution >= 4 is 34.2 Å². The molecule has 106 valence electrons. The van der Waals surface area contributed by atoms with Gasteiger partial charge in [-0.05, 0) is 24.6 Å². The standard InChI is InChI=1S/C14H16ClN3O2/c1-9(19)16-10-2-3-13-12(6-10)17-14(7-15)18(13)8-11-4-5-20-11/h2-3,6,11H,4-5,7-8H2,1H3,(H,16,19). The predicted molar refractivity (Wildman–Crippen MR) is 78.0 cm³/mol. The molecule has 2 heterocycles. The van der Waals surface area contributed by atoms with E-state index in [9.17, 15) is 4.79 Å². The molecule has 1 aliphatic heterocycles. The molecule has 1 aliphatic rings. The van der Waals surface area contributed by atoms with Gasteiger partial charge in [-0.15, -0.1) is 11.6 Å². The van der Waals surface area contributed by atoms with Gasteiger partial charge in [0.15, 0.2) is 0 Å². The van der Waals surface area contributed by atoms with Gasteiger partial charge < -0.3 is 14.6 Å². The van der Waals surface area contributed by atoms with Crippen LogP contribution < -0.4 is 5.32 Å². The van der Waals surface area contributed by atoms with Gasteiger partial charge in [0.1, 0.15) is 5.82 Å². The molecule has 0 bridgehead atoms. The van der Waals surface area contributed by atoms with Gasteiger partial charge >= 0.3 is 0 Å². The monoisotopic (exact) mass is 293 g/mol. The number of aromatic nitrogens is 2. The number of halogens is 1. The number of nitrogens with zero attached hydrogens (tertiary/aromatic N) is 2. The van der Waals surface area contributed by atoms with Crippen molar-refractivity contribution in [2.45, 2.75) is 31.9 Å². The fourth-order valence-electron chi connectivity index (χ4n) is 2.40. The number of benzene rings is 1. The third kappa shape index (κ3) is 2.51. The lowest BCUT2D eigenvalue weighted by Gasteiger charge is -2.27. The van der Waals surface area contributed by atoms with Crippen molar-refractivity contribution in [3.63, 3.8) is 0 Å². The van der Waals surface area contributed by atoms with Gasteiger partial charge in [0.05, 0.1) is 29.6 Å². The van der Waals surface area contributed by atoms with Crippen LogP contribution in [0.4, 0.5) is 5.69 Å². The zero-order chi connectivity index (χ0) is 14.1. The van der Waals surface area contributed by atoms with Crippen molar-refractivity contribution in [3.05, 3.63) is 24.0 Å². The SMILES string of the molecule is CC(=O)Nc1ccc2c(c1)nc(CCl)n2CC1CCO1. The number of ether oxygens (including phenoxy) is 1. The van der Waals surface area contributed by atoms with Crippen LogP contribution in [0, 0.1) is 0 Å². The summed E-state index contributed by atoms with van der Waals surface area (Å²) in [4.78, 5) is 15.6. The normalized spacial score (nSPS) is 18.0. The summed E-state index contributed by atoms with van der Waals surface area (Å²) in [5, 5.41) is 2.76. The van der Waals surface area contributed by atoms with Crippen LogP contribution in [0.15, 0.2) is 18.2 Å². The Bertz CT molecular complexity index is 649. The van der Waals surface area contributed by atoms with Gasteiger partial charge in [-0.2, -0.15) is 0 Å². The Hall–Kier alpha value is -1.59. The Morgan fingerprint density at radius 3 is 3.00 bits per heavy atom. The van der Waals surface area contributed by atoms with Crippen molar-refractivity contribution in [2.24, 2.45) is 0 Å². The molecule has 6 heteroatoms. The van der Waals surface area contributed by atoms with Gasteiger partial charge in [0, 0.05) is 19.2 Å². The molecular formula is C14H16ClN3O2. The van der Waals surface area contributed by atoms with E-state index in [-0.39, 0.29) is 12.0 Å². The van der Waals surface area contributed by atoms with Gasteiger partial charge in [-0.1, -0.05) is 0 Å². The summed E-state index contributed by atoms with van der Waals surface area (Å²) in [7, 11) is 0. The van der Waals surface area contributed by atoms with Gasteiger partial charge in [-0.3, -0.25) is 4.79 Å². The Morgan fingerprint density at radius 2 is 2.40 bits per heavy atom. The molecule has 1 saturated heterocycles. The first-order valence-electron chi connectivity index (χ1n) is 6.61. The molecule has 0 radical (unpaired) electrons. The minimum absolute atomic E-state index is 0.0933. The number of hydrogen-bond donors (Lipinski definition) is 1. The Labute approximate surface area is 121 Å². The highest BCUT2D eigenvalue weighted by atomic mass is 35.5. The molecule has 1 N–H and O–H groups in total. The number of nitrogens with one attached hydrogen (secondary N) is 1. The fourth-order valence-corrected chi connectivity index (χ4v) is 2.60. The third-order valence-corrected chi connectivity index (χ3v) is 3.69. The van der Waals surface area contributed by atoms with E-state index in [1.165, 1.54) is 6.92 Å². The van der Waals surface area contributed by atoms with Gasteiger partial charge in [0.2, 0.25) is 5.91 Å². The average Bonchev–Trinajstić information content (AvgIpc) is 2.70. The first-order chi connectivity index (χ1) is 9.67. The highest BCUT2D eigenvalue weighted by Gasteiger charge is 2.21. The fraction of sp³-hybridized carbons (Fsp3) is 0.429. The number of amides is 1. The quantitative estimate of drug-likeness (QED) is 0.881. The molecule has 1 amide bonds. The third-order valence-electron chi connectivity index (χ3n) is 3.45. The molecule has 3 rings (SSSR count). The van der Waals surface area contributed by atoms with Crippen LogP contribution in [-0.4, -0.2) is 28.2 Å².